The Bertz CT molecular complexity index is 159. The second kappa shape index (κ2) is 7.13. The van der Waals surface area contributed by atoms with Crippen molar-refractivity contribution in [2.45, 2.75) is 19.9 Å². The van der Waals surface area contributed by atoms with Crippen molar-refractivity contribution in [2.24, 2.45) is 0 Å². The third-order valence-corrected chi connectivity index (χ3v) is 1.55. The number of carbonyl (C=O) groups excluding carboxylic acids is 1. The maximum absolute atomic E-state index is 11.1. The SMILES string of the molecule is CCNC(=O)C(C)NC/C=C/Cl. The zero-order chi connectivity index (χ0) is 9.40. The lowest BCUT2D eigenvalue weighted by atomic mass is 10.3. The predicted molar refractivity (Wildman–Crippen MR) is 51.1 cm³/mol. The lowest BCUT2D eigenvalue weighted by molar-refractivity contribution is -0.122. The van der Waals surface area contributed by atoms with Crippen molar-refractivity contribution in [1.82, 2.24) is 10.6 Å². The number of hydrogen-bond acceptors (Lipinski definition) is 2. The molecule has 0 fully saturated rings. The van der Waals surface area contributed by atoms with Crippen LogP contribution in [0.2, 0.25) is 0 Å². The first kappa shape index (κ1) is 11.5. The lowest BCUT2D eigenvalue weighted by Crippen LogP contribution is -2.42. The molecule has 70 valence electrons. The molecule has 0 spiro atoms. The molecule has 1 atom stereocenters. The summed E-state index contributed by atoms with van der Waals surface area (Å²) in [4.78, 5) is 11.1. The fraction of sp³-hybridized carbons (Fsp3) is 0.625. The van der Waals surface area contributed by atoms with E-state index in [9.17, 15) is 4.79 Å². The monoisotopic (exact) mass is 190 g/mol. The molecule has 0 saturated carbocycles. The van der Waals surface area contributed by atoms with Gasteiger partial charge in [0.2, 0.25) is 5.91 Å². The highest BCUT2D eigenvalue weighted by molar-refractivity contribution is 6.25. The van der Waals surface area contributed by atoms with Crippen LogP contribution in [0.15, 0.2) is 11.6 Å². The van der Waals surface area contributed by atoms with E-state index in [1.54, 1.807) is 6.08 Å². The van der Waals surface area contributed by atoms with Crippen molar-refractivity contribution in [1.29, 1.82) is 0 Å². The Balaban J connectivity index is 3.56. The van der Waals surface area contributed by atoms with E-state index in [-0.39, 0.29) is 11.9 Å². The van der Waals surface area contributed by atoms with E-state index in [2.05, 4.69) is 10.6 Å². The van der Waals surface area contributed by atoms with Crippen LogP contribution in [0.3, 0.4) is 0 Å². The number of amides is 1. The van der Waals surface area contributed by atoms with E-state index in [0.29, 0.717) is 13.1 Å². The summed E-state index contributed by atoms with van der Waals surface area (Å²) in [6.07, 6.45) is 1.75. The second-order valence-electron chi connectivity index (χ2n) is 2.39. The molecule has 0 heterocycles. The molecule has 0 aromatic carbocycles. The molecule has 3 nitrogen and oxygen atoms in total. The van der Waals surface area contributed by atoms with Crippen molar-refractivity contribution < 1.29 is 4.79 Å². The van der Waals surface area contributed by atoms with E-state index in [4.69, 9.17) is 11.6 Å². The number of carbonyl (C=O) groups is 1. The Morgan fingerprint density at radius 1 is 1.67 bits per heavy atom. The Morgan fingerprint density at radius 2 is 2.33 bits per heavy atom. The van der Waals surface area contributed by atoms with Gasteiger partial charge < -0.3 is 10.6 Å². The number of halogens is 1. The minimum atomic E-state index is -0.169. The minimum absolute atomic E-state index is 0.0143. The molecule has 4 heteroatoms. The van der Waals surface area contributed by atoms with Gasteiger partial charge in [0.1, 0.15) is 0 Å². The lowest BCUT2D eigenvalue weighted by Gasteiger charge is -2.10. The topological polar surface area (TPSA) is 41.1 Å². The Hall–Kier alpha value is -0.540. The molecular weight excluding hydrogens is 176 g/mol. The molecular formula is C8H15ClN2O. The molecule has 0 saturated heterocycles. The van der Waals surface area contributed by atoms with Gasteiger partial charge in [0.25, 0.3) is 0 Å². The van der Waals surface area contributed by atoms with Crippen LogP contribution in [0, 0.1) is 0 Å². The summed E-state index contributed by atoms with van der Waals surface area (Å²) < 4.78 is 0. The maximum atomic E-state index is 11.1. The third kappa shape index (κ3) is 5.16. The number of rotatable bonds is 5. The van der Waals surface area contributed by atoms with Crippen molar-refractivity contribution in [2.75, 3.05) is 13.1 Å². The number of hydrogen-bond donors (Lipinski definition) is 2. The standard InChI is InChI=1S/C8H15ClN2O/c1-3-10-8(12)7(2)11-6-4-5-9/h4-5,7,11H,3,6H2,1-2H3,(H,10,12)/b5-4+. The minimum Gasteiger partial charge on any atom is -0.355 e. The summed E-state index contributed by atoms with van der Waals surface area (Å²) in [5, 5.41) is 5.70. The van der Waals surface area contributed by atoms with Gasteiger partial charge in [-0.3, -0.25) is 4.79 Å². The van der Waals surface area contributed by atoms with Gasteiger partial charge in [-0.15, -0.1) is 0 Å². The highest BCUT2D eigenvalue weighted by atomic mass is 35.5. The Morgan fingerprint density at radius 3 is 2.83 bits per heavy atom. The van der Waals surface area contributed by atoms with Crippen LogP contribution in [-0.2, 0) is 4.79 Å². The molecule has 0 aliphatic heterocycles. The van der Waals surface area contributed by atoms with Crippen LogP contribution in [0.4, 0.5) is 0 Å². The molecule has 0 aromatic rings. The molecule has 1 unspecified atom stereocenters. The quantitative estimate of drug-likeness (QED) is 0.675. The van der Waals surface area contributed by atoms with Crippen LogP contribution in [0.1, 0.15) is 13.8 Å². The number of likely N-dealkylation sites (N-methyl/N-ethyl adjacent to an activating group) is 1. The molecule has 1 amide bonds. The molecule has 0 radical (unpaired) electrons. The summed E-state index contributed by atoms with van der Waals surface area (Å²) in [5.74, 6) is 0.0143. The normalized spacial score (nSPS) is 13.2. The summed E-state index contributed by atoms with van der Waals surface area (Å²) in [6.45, 7) is 4.98. The van der Waals surface area contributed by atoms with Crippen LogP contribution >= 0.6 is 11.6 Å². The molecule has 0 bridgehead atoms. The highest BCUT2D eigenvalue weighted by Crippen LogP contribution is 1.82. The van der Waals surface area contributed by atoms with E-state index >= 15 is 0 Å². The summed E-state index contributed by atoms with van der Waals surface area (Å²) >= 11 is 5.30. The first-order valence-electron chi connectivity index (χ1n) is 3.98. The third-order valence-electron chi connectivity index (χ3n) is 1.38. The zero-order valence-electron chi connectivity index (χ0n) is 7.43. The van der Waals surface area contributed by atoms with E-state index in [1.807, 2.05) is 13.8 Å². The van der Waals surface area contributed by atoms with Crippen molar-refractivity contribution >= 4 is 17.5 Å². The molecule has 2 N–H and O–H groups in total. The van der Waals surface area contributed by atoms with Crippen molar-refractivity contribution in [3.8, 4) is 0 Å². The fourth-order valence-electron chi connectivity index (χ4n) is 0.709. The van der Waals surface area contributed by atoms with Gasteiger partial charge in [-0.2, -0.15) is 0 Å². The molecule has 0 rings (SSSR count). The van der Waals surface area contributed by atoms with E-state index in [1.165, 1.54) is 5.54 Å². The molecule has 12 heavy (non-hydrogen) atoms. The summed E-state index contributed by atoms with van der Waals surface area (Å²) in [5.41, 5.74) is 1.43. The summed E-state index contributed by atoms with van der Waals surface area (Å²) in [7, 11) is 0. The van der Waals surface area contributed by atoms with Gasteiger partial charge in [-0.25, -0.2) is 0 Å². The van der Waals surface area contributed by atoms with Crippen LogP contribution in [-0.4, -0.2) is 25.0 Å². The van der Waals surface area contributed by atoms with Crippen molar-refractivity contribution in [3.05, 3.63) is 11.6 Å². The number of nitrogens with one attached hydrogen (secondary N) is 2. The average molecular weight is 191 g/mol. The largest absolute Gasteiger partial charge is 0.355 e. The van der Waals surface area contributed by atoms with Gasteiger partial charge in [0.15, 0.2) is 0 Å². The molecule has 0 aromatic heterocycles. The first-order valence-corrected chi connectivity index (χ1v) is 4.42. The van der Waals surface area contributed by atoms with E-state index < -0.39 is 0 Å². The van der Waals surface area contributed by atoms with E-state index in [0.717, 1.165) is 0 Å². The van der Waals surface area contributed by atoms with Gasteiger partial charge in [-0.05, 0) is 13.8 Å². The second-order valence-corrected chi connectivity index (χ2v) is 2.64. The average Bonchev–Trinajstić information content (AvgIpc) is 2.05. The van der Waals surface area contributed by atoms with Crippen LogP contribution in [0.5, 0.6) is 0 Å². The van der Waals surface area contributed by atoms with Crippen molar-refractivity contribution in [3.63, 3.8) is 0 Å². The highest BCUT2D eigenvalue weighted by Gasteiger charge is 2.08. The zero-order valence-corrected chi connectivity index (χ0v) is 8.19. The molecule has 0 aliphatic carbocycles. The van der Waals surface area contributed by atoms with Gasteiger partial charge in [0.05, 0.1) is 6.04 Å². The predicted octanol–water partition coefficient (Wildman–Crippen LogP) is 0.853. The smallest absolute Gasteiger partial charge is 0.236 e. The van der Waals surface area contributed by atoms with Crippen LogP contribution < -0.4 is 10.6 Å². The first-order chi connectivity index (χ1) is 5.72. The van der Waals surface area contributed by atoms with Gasteiger partial charge in [0, 0.05) is 18.6 Å². The van der Waals surface area contributed by atoms with Crippen LogP contribution in [0.25, 0.3) is 0 Å². The van der Waals surface area contributed by atoms with Gasteiger partial charge in [-0.1, -0.05) is 17.7 Å². The Kier molecular flexibility index (Phi) is 6.81. The molecule has 0 aliphatic rings. The summed E-state index contributed by atoms with van der Waals surface area (Å²) in [6, 6.07) is -0.169. The Labute approximate surface area is 78.2 Å². The van der Waals surface area contributed by atoms with Gasteiger partial charge >= 0.3 is 0 Å². The fourth-order valence-corrected chi connectivity index (χ4v) is 0.798. The maximum Gasteiger partial charge on any atom is 0.236 e.